The van der Waals surface area contributed by atoms with Crippen LogP contribution in [0.5, 0.6) is 0 Å². The third-order valence-electron chi connectivity index (χ3n) is 6.63. The maximum atomic E-state index is 2.65. The van der Waals surface area contributed by atoms with Crippen LogP contribution in [0.2, 0.25) is 0 Å². The maximum absolute atomic E-state index is 2.65. The van der Waals surface area contributed by atoms with Crippen molar-refractivity contribution in [3.63, 3.8) is 0 Å². The molecular formula is C30H31NP2. The molecule has 0 N–H and O–H groups in total. The van der Waals surface area contributed by atoms with Crippen molar-refractivity contribution in [1.29, 1.82) is 0 Å². The van der Waals surface area contributed by atoms with E-state index in [9.17, 15) is 0 Å². The lowest BCUT2D eigenvalue weighted by atomic mass is 10.2. The quantitative estimate of drug-likeness (QED) is 0.333. The van der Waals surface area contributed by atoms with E-state index in [1.807, 2.05) is 0 Å². The highest BCUT2D eigenvalue weighted by atomic mass is 31.1. The summed E-state index contributed by atoms with van der Waals surface area (Å²) >= 11 is 0. The Hall–Kier alpha value is -2.30. The van der Waals surface area contributed by atoms with Crippen molar-refractivity contribution in [2.75, 3.05) is 19.8 Å². The molecule has 4 aromatic rings. The number of nitrogens with zero attached hydrogens (tertiary/aromatic N) is 1. The summed E-state index contributed by atoms with van der Waals surface area (Å²) in [6, 6.07) is 45.4. The molecule has 1 saturated heterocycles. The zero-order chi connectivity index (χ0) is 22.5. The minimum Gasteiger partial charge on any atom is -0.302 e. The minimum atomic E-state index is -0.373. The first-order chi connectivity index (χ1) is 16.3. The topological polar surface area (TPSA) is 3.24 Å². The molecule has 1 aliphatic heterocycles. The van der Waals surface area contributed by atoms with Crippen LogP contribution in [0.1, 0.15) is 6.42 Å². The lowest BCUT2D eigenvalue weighted by Gasteiger charge is -2.26. The summed E-state index contributed by atoms with van der Waals surface area (Å²) in [5.41, 5.74) is 0.684. The second kappa shape index (κ2) is 10.8. The molecule has 0 bridgehead atoms. The molecule has 1 nitrogen and oxygen atoms in total. The van der Waals surface area contributed by atoms with Gasteiger partial charge in [-0.2, -0.15) is 0 Å². The fourth-order valence-corrected chi connectivity index (χ4v) is 10.6. The van der Waals surface area contributed by atoms with Gasteiger partial charge < -0.3 is 4.90 Å². The van der Waals surface area contributed by atoms with Gasteiger partial charge in [0.25, 0.3) is 0 Å². The lowest BCUT2D eigenvalue weighted by molar-refractivity contribution is 0.334. The first-order valence-corrected chi connectivity index (χ1v) is 14.7. The molecule has 2 atom stereocenters. The van der Waals surface area contributed by atoms with Crippen molar-refractivity contribution in [2.24, 2.45) is 0 Å². The van der Waals surface area contributed by atoms with Crippen LogP contribution >= 0.6 is 15.8 Å². The van der Waals surface area contributed by atoms with Gasteiger partial charge in [-0.3, -0.25) is 0 Å². The van der Waals surface area contributed by atoms with Crippen molar-refractivity contribution in [3.05, 3.63) is 121 Å². The van der Waals surface area contributed by atoms with Gasteiger partial charge in [0.1, 0.15) is 0 Å². The predicted molar refractivity (Wildman–Crippen MR) is 148 cm³/mol. The summed E-state index contributed by atoms with van der Waals surface area (Å²) in [6.07, 6.45) is 2.49. The lowest BCUT2D eigenvalue weighted by Crippen LogP contribution is -2.31. The van der Waals surface area contributed by atoms with E-state index < -0.39 is 0 Å². The fraction of sp³-hybridized carbons (Fsp3) is 0.200. The monoisotopic (exact) mass is 467 g/mol. The van der Waals surface area contributed by atoms with E-state index in [-0.39, 0.29) is 15.8 Å². The van der Waals surface area contributed by atoms with Crippen LogP contribution in [0.25, 0.3) is 0 Å². The summed E-state index contributed by atoms with van der Waals surface area (Å²) in [6.45, 7) is 1.17. The number of benzene rings is 4. The van der Waals surface area contributed by atoms with E-state index in [0.717, 1.165) is 0 Å². The number of rotatable bonds is 7. The Morgan fingerprint density at radius 1 is 0.606 bits per heavy atom. The molecule has 1 heterocycles. The van der Waals surface area contributed by atoms with Gasteiger partial charge in [0.05, 0.1) is 0 Å². The Labute approximate surface area is 201 Å². The first-order valence-electron chi connectivity index (χ1n) is 11.8. The molecule has 4 aromatic carbocycles. The largest absolute Gasteiger partial charge is 0.302 e. The van der Waals surface area contributed by atoms with Crippen molar-refractivity contribution >= 4 is 37.1 Å². The van der Waals surface area contributed by atoms with Crippen LogP contribution in [0.4, 0.5) is 0 Å². The SMILES string of the molecule is CN1C[C@@H](P(c2ccccc2)c2ccccc2)C[C@H]1CP(c1ccccc1)c1ccccc1. The molecule has 5 rings (SSSR count). The highest BCUT2D eigenvalue weighted by Crippen LogP contribution is 2.47. The Kier molecular flexibility index (Phi) is 7.33. The van der Waals surface area contributed by atoms with E-state index in [1.54, 1.807) is 0 Å². The maximum Gasteiger partial charge on any atom is 0.0144 e. The Bertz CT molecular complexity index is 1040. The molecule has 0 amide bonds. The van der Waals surface area contributed by atoms with E-state index >= 15 is 0 Å². The summed E-state index contributed by atoms with van der Waals surface area (Å²) in [5, 5.41) is 5.99. The van der Waals surface area contributed by atoms with Gasteiger partial charge >= 0.3 is 0 Å². The van der Waals surface area contributed by atoms with Crippen LogP contribution in [0.3, 0.4) is 0 Å². The normalized spacial score (nSPS) is 18.8. The smallest absolute Gasteiger partial charge is 0.0144 e. The molecule has 1 aliphatic rings. The second-order valence-electron chi connectivity index (χ2n) is 8.81. The van der Waals surface area contributed by atoms with Crippen LogP contribution < -0.4 is 21.2 Å². The first kappa shape index (κ1) is 22.5. The highest BCUT2D eigenvalue weighted by Gasteiger charge is 2.37. The minimum absolute atomic E-state index is 0.370. The predicted octanol–water partition coefficient (Wildman–Crippen LogP) is 5.32. The van der Waals surface area contributed by atoms with Gasteiger partial charge in [-0.15, -0.1) is 0 Å². The van der Waals surface area contributed by atoms with Gasteiger partial charge in [-0.1, -0.05) is 121 Å². The molecule has 33 heavy (non-hydrogen) atoms. The summed E-state index contributed by atoms with van der Waals surface area (Å²) in [7, 11) is 1.60. The number of hydrogen-bond donors (Lipinski definition) is 0. The van der Waals surface area contributed by atoms with Crippen molar-refractivity contribution in [2.45, 2.75) is 18.1 Å². The molecule has 0 unspecified atom stereocenters. The van der Waals surface area contributed by atoms with E-state index in [2.05, 4.69) is 133 Å². The van der Waals surface area contributed by atoms with E-state index in [4.69, 9.17) is 0 Å². The Morgan fingerprint density at radius 2 is 1.00 bits per heavy atom. The van der Waals surface area contributed by atoms with Crippen molar-refractivity contribution in [1.82, 2.24) is 4.90 Å². The third-order valence-corrected chi connectivity index (χ3v) is 12.1. The van der Waals surface area contributed by atoms with Crippen molar-refractivity contribution in [3.8, 4) is 0 Å². The Balaban J connectivity index is 1.42. The van der Waals surface area contributed by atoms with Crippen LogP contribution in [0, 0.1) is 0 Å². The zero-order valence-electron chi connectivity index (χ0n) is 19.2. The molecule has 0 radical (unpaired) electrons. The standard InChI is InChI=1S/C30H31NP2/c1-31-23-30(33(28-18-10-4-11-19-28)29-20-12-5-13-21-29)22-25(31)24-32(26-14-6-2-7-15-26)27-16-8-3-9-17-27/h2-21,25,30H,22-24H2,1H3/t25-,30-/m0/s1. The molecule has 0 aliphatic carbocycles. The second-order valence-corrected chi connectivity index (χ2v) is 13.6. The van der Waals surface area contributed by atoms with Gasteiger partial charge in [0.2, 0.25) is 0 Å². The van der Waals surface area contributed by atoms with E-state index in [1.165, 1.54) is 40.3 Å². The number of hydrogen-bond acceptors (Lipinski definition) is 1. The van der Waals surface area contributed by atoms with Crippen molar-refractivity contribution < 1.29 is 0 Å². The van der Waals surface area contributed by atoms with Gasteiger partial charge in [-0.25, -0.2) is 0 Å². The van der Waals surface area contributed by atoms with E-state index in [0.29, 0.717) is 11.7 Å². The van der Waals surface area contributed by atoms with Crippen LogP contribution in [-0.2, 0) is 0 Å². The van der Waals surface area contributed by atoms with Gasteiger partial charge in [0, 0.05) is 18.2 Å². The average Bonchev–Trinajstić information content (AvgIpc) is 3.24. The summed E-state index contributed by atoms with van der Waals surface area (Å²) in [4.78, 5) is 2.65. The number of likely N-dealkylation sites (tertiary alicyclic amines) is 1. The molecule has 1 fully saturated rings. The average molecular weight is 468 g/mol. The third kappa shape index (κ3) is 5.28. The molecule has 0 aromatic heterocycles. The molecule has 3 heteroatoms. The molecule has 0 saturated carbocycles. The molecule has 166 valence electrons. The van der Waals surface area contributed by atoms with Crippen LogP contribution in [-0.4, -0.2) is 36.4 Å². The van der Waals surface area contributed by atoms with Crippen LogP contribution in [0.15, 0.2) is 121 Å². The summed E-state index contributed by atoms with van der Waals surface area (Å²) < 4.78 is 0. The fourth-order valence-electron chi connectivity index (χ4n) is 4.99. The zero-order valence-corrected chi connectivity index (χ0v) is 21.0. The van der Waals surface area contributed by atoms with Gasteiger partial charge in [0.15, 0.2) is 0 Å². The molecule has 0 spiro atoms. The molecular weight excluding hydrogens is 436 g/mol. The summed E-state index contributed by atoms with van der Waals surface area (Å²) in [5.74, 6) is 0. The van der Waals surface area contributed by atoms with Gasteiger partial charge in [-0.05, 0) is 56.7 Å². The highest BCUT2D eigenvalue weighted by molar-refractivity contribution is 7.74. The Morgan fingerprint density at radius 3 is 1.42 bits per heavy atom.